The highest BCUT2D eigenvalue weighted by Crippen LogP contribution is 1.97. The van der Waals surface area contributed by atoms with E-state index in [9.17, 15) is 0 Å². The van der Waals surface area contributed by atoms with E-state index in [4.69, 9.17) is 5.73 Å². The minimum Gasteiger partial charge on any atom is -0.326 e. The summed E-state index contributed by atoms with van der Waals surface area (Å²) < 4.78 is 0. The molecule has 11 heavy (non-hydrogen) atoms. The Morgan fingerprint density at radius 1 is 1.45 bits per heavy atom. The molecule has 0 spiro atoms. The van der Waals surface area contributed by atoms with Gasteiger partial charge in [0, 0.05) is 6.54 Å². The number of nitrogens with two attached hydrogens (primary N) is 1. The van der Waals surface area contributed by atoms with Crippen LogP contribution >= 0.6 is 0 Å². The van der Waals surface area contributed by atoms with Crippen molar-refractivity contribution in [2.24, 2.45) is 5.73 Å². The first-order valence-corrected chi connectivity index (χ1v) is 3.89. The van der Waals surface area contributed by atoms with Crippen molar-refractivity contribution in [3.8, 4) is 0 Å². The summed E-state index contributed by atoms with van der Waals surface area (Å²) in [6, 6.07) is 0. The van der Waals surface area contributed by atoms with Crippen LogP contribution in [-0.4, -0.2) is 6.54 Å². The highest BCUT2D eigenvalue weighted by atomic mass is 14.5. The highest BCUT2D eigenvalue weighted by Gasteiger charge is 1.84. The van der Waals surface area contributed by atoms with Crippen LogP contribution in [0.3, 0.4) is 0 Å². The fraction of sp³-hybridized carbons (Fsp3) is 0.400. The van der Waals surface area contributed by atoms with E-state index in [-0.39, 0.29) is 0 Å². The second-order valence-electron chi connectivity index (χ2n) is 1.97. The minimum absolute atomic E-state index is 0.538. The normalized spacial score (nSPS) is 9.64. The van der Waals surface area contributed by atoms with Crippen LogP contribution in [0.15, 0.2) is 36.5 Å². The molecule has 0 aromatic rings. The van der Waals surface area contributed by atoms with Gasteiger partial charge in [-0.15, -0.1) is 0 Å². The fourth-order valence-electron chi connectivity index (χ4n) is 0.518. The lowest BCUT2D eigenvalue weighted by Gasteiger charge is -1.93. The molecule has 1 heteroatoms. The molecule has 0 aromatic heterocycles. The van der Waals surface area contributed by atoms with Gasteiger partial charge in [0.05, 0.1) is 0 Å². The first-order chi connectivity index (χ1) is 5.20. The summed E-state index contributed by atoms with van der Waals surface area (Å²) in [4.78, 5) is 0. The third-order valence-corrected chi connectivity index (χ3v) is 0.930. The van der Waals surface area contributed by atoms with Gasteiger partial charge in [0.2, 0.25) is 0 Å². The summed E-state index contributed by atoms with van der Waals surface area (Å²) in [5.41, 5.74) is 7.39. The summed E-state index contributed by atoms with van der Waals surface area (Å²) in [7, 11) is 0. The molecule has 2 N–H and O–H groups in total. The molecule has 0 aromatic carbocycles. The zero-order valence-corrected chi connectivity index (χ0v) is 7.85. The lowest BCUT2D eigenvalue weighted by Crippen LogP contribution is -2.00. The van der Waals surface area contributed by atoms with Crippen LogP contribution in [0.4, 0.5) is 0 Å². The lowest BCUT2D eigenvalue weighted by atomic mass is 10.2. The van der Waals surface area contributed by atoms with Crippen molar-refractivity contribution in [1.82, 2.24) is 0 Å². The Hall–Kier alpha value is -0.820. The van der Waals surface area contributed by atoms with Crippen molar-refractivity contribution < 1.29 is 0 Å². The van der Waals surface area contributed by atoms with Crippen molar-refractivity contribution >= 4 is 0 Å². The molecular weight excluding hydrogens is 134 g/mol. The average Bonchev–Trinajstić information content (AvgIpc) is 2.03. The topological polar surface area (TPSA) is 26.0 Å². The van der Waals surface area contributed by atoms with E-state index >= 15 is 0 Å². The smallest absolute Gasteiger partial charge is 0.0177 e. The zero-order valence-electron chi connectivity index (χ0n) is 7.85. The number of hydrogen-bond acceptors (Lipinski definition) is 1. The monoisotopic (exact) mass is 153 g/mol. The largest absolute Gasteiger partial charge is 0.326 e. The first kappa shape index (κ1) is 12.8. The van der Waals surface area contributed by atoms with E-state index in [1.165, 1.54) is 0 Å². The van der Waals surface area contributed by atoms with Gasteiger partial charge < -0.3 is 5.73 Å². The predicted molar refractivity (Wildman–Crippen MR) is 53.5 cm³/mol. The molecule has 0 aliphatic carbocycles. The molecule has 64 valence electrons. The third-order valence-electron chi connectivity index (χ3n) is 0.930. The Balaban J connectivity index is 0. The molecule has 0 saturated heterocycles. The third kappa shape index (κ3) is 9.18. The van der Waals surface area contributed by atoms with Gasteiger partial charge in [0.25, 0.3) is 0 Å². The van der Waals surface area contributed by atoms with Crippen LogP contribution in [0.25, 0.3) is 0 Å². The van der Waals surface area contributed by atoms with Gasteiger partial charge in [0.15, 0.2) is 0 Å². The van der Waals surface area contributed by atoms with Crippen LogP contribution in [-0.2, 0) is 0 Å². The quantitative estimate of drug-likeness (QED) is 0.620. The van der Waals surface area contributed by atoms with Gasteiger partial charge >= 0.3 is 0 Å². The highest BCUT2D eigenvalue weighted by molar-refractivity contribution is 5.26. The fourth-order valence-corrected chi connectivity index (χ4v) is 0.518. The summed E-state index contributed by atoms with van der Waals surface area (Å²) in [6.45, 7) is 13.8. The predicted octanol–water partition coefficient (Wildman–Crippen LogP) is 2.66. The Morgan fingerprint density at radius 2 is 1.91 bits per heavy atom. The Morgan fingerprint density at radius 3 is 2.00 bits per heavy atom. The van der Waals surface area contributed by atoms with E-state index in [1.807, 2.05) is 26.8 Å². The summed E-state index contributed by atoms with van der Waals surface area (Å²) in [5.74, 6) is 0. The molecule has 0 heterocycles. The molecule has 0 fully saturated rings. The van der Waals surface area contributed by atoms with Crippen LogP contribution < -0.4 is 5.73 Å². The van der Waals surface area contributed by atoms with Gasteiger partial charge in [-0.1, -0.05) is 44.7 Å². The minimum atomic E-state index is 0.538. The molecule has 0 atom stereocenters. The molecule has 0 radical (unpaired) electrons. The Bertz CT molecular complexity index is 143. The van der Waals surface area contributed by atoms with Crippen molar-refractivity contribution in [1.29, 1.82) is 0 Å². The molecule has 0 aliphatic rings. The van der Waals surface area contributed by atoms with E-state index in [0.717, 1.165) is 11.1 Å². The van der Waals surface area contributed by atoms with E-state index in [1.54, 1.807) is 6.08 Å². The Labute approximate surface area is 70.3 Å². The first-order valence-electron chi connectivity index (χ1n) is 3.89. The van der Waals surface area contributed by atoms with Crippen molar-refractivity contribution in [2.75, 3.05) is 6.54 Å². The lowest BCUT2D eigenvalue weighted by molar-refractivity contribution is 1.18. The van der Waals surface area contributed by atoms with Crippen molar-refractivity contribution in [3.63, 3.8) is 0 Å². The van der Waals surface area contributed by atoms with Gasteiger partial charge in [-0.05, 0) is 12.5 Å². The Kier molecular flexibility index (Phi) is 10.7. The van der Waals surface area contributed by atoms with Crippen LogP contribution in [0, 0.1) is 0 Å². The van der Waals surface area contributed by atoms with Gasteiger partial charge in [-0.3, -0.25) is 0 Å². The van der Waals surface area contributed by atoms with Crippen LogP contribution in [0.2, 0.25) is 0 Å². The number of rotatable bonds is 3. The molecule has 0 unspecified atom stereocenters. The molecule has 0 amide bonds. The van der Waals surface area contributed by atoms with Crippen LogP contribution in [0.5, 0.6) is 0 Å². The molecule has 0 aliphatic heterocycles. The van der Waals surface area contributed by atoms with Crippen molar-refractivity contribution in [3.05, 3.63) is 36.5 Å². The van der Waals surface area contributed by atoms with Crippen LogP contribution in [0.1, 0.15) is 20.8 Å². The van der Waals surface area contributed by atoms with E-state index in [2.05, 4.69) is 13.2 Å². The van der Waals surface area contributed by atoms with Gasteiger partial charge in [-0.2, -0.15) is 0 Å². The van der Waals surface area contributed by atoms with E-state index in [0.29, 0.717) is 6.54 Å². The molecular formula is C10H19N. The average molecular weight is 153 g/mol. The maximum absolute atomic E-state index is 5.35. The standard InChI is InChI=1S/C8H13N.C2H6/c1-4-8(6-9)5-7(2)3;1-2/h4-5H,1-2,6,9H2,3H3;1-2H3/b8-5+;. The number of hydrogen-bond donors (Lipinski definition) is 1. The summed E-state index contributed by atoms with van der Waals surface area (Å²) >= 11 is 0. The maximum Gasteiger partial charge on any atom is 0.0177 e. The summed E-state index contributed by atoms with van der Waals surface area (Å²) in [6.07, 6.45) is 3.67. The molecule has 0 bridgehead atoms. The molecule has 0 rings (SSSR count). The second-order valence-corrected chi connectivity index (χ2v) is 1.97. The van der Waals surface area contributed by atoms with Gasteiger partial charge in [-0.25, -0.2) is 0 Å². The molecule has 1 nitrogen and oxygen atoms in total. The SMILES string of the molecule is C=C/C(=C\C(=C)C)CN.CC. The van der Waals surface area contributed by atoms with E-state index < -0.39 is 0 Å². The second kappa shape index (κ2) is 9.18. The zero-order chi connectivity index (χ0) is 9.28. The maximum atomic E-state index is 5.35. The number of allylic oxidation sites excluding steroid dienone is 2. The summed E-state index contributed by atoms with van der Waals surface area (Å²) in [5, 5.41) is 0. The van der Waals surface area contributed by atoms with Crippen molar-refractivity contribution in [2.45, 2.75) is 20.8 Å². The molecule has 0 saturated carbocycles. The van der Waals surface area contributed by atoms with Gasteiger partial charge in [0.1, 0.15) is 0 Å².